The van der Waals surface area contributed by atoms with Crippen molar-refractivity contribution >= 4 is 34.3 Å². The second-order valence-electron chi connectivity index (χ2n) is 3.58. The fourth-order valence-electron chi connectivity index (χ4n) is 1.57. The number of imidazole rings is 1. The molecule has 2 aromatic heterocycles. The van der Waals surface area contributed by atoms with Gasteiger partial charge in [-0.3, -0.25) is 0 Å². The van der Waals surface area contributed by atoms with Crippen LogP contribution < -0.4 is 5.32 Å². The maximum atomic E-state index is 13.0. The Bertz CT molecular complexity index is 711. The summed E-state index contributed by atoms with van der Waals surface area (Å²) in [5.74, 6) is 0.0683. The Kier molecular flexibility index (Phi) is 2.56. The Morgan fingerprint density at radius 1 is 1.22 bits per heavy atom. The zero-order chi connectivity index (χ0) is 12.5. The van der Waals surface area contributed by atoms with Crippen molar-refractivity contribution in [2.45, 2.75) is 0 Å². The Hall–Kier alpha value is -2.21. The summed E-state index contributed by atoms with van der Waals surface area (Å²) in [7, 11) is 0. The molecule has 18 heavy (non-hydrogen) atoms. The van der Waals surface area contributed by atoms with Crippen LogP contribution in [0, 0.1) is 5.82 Å². The Balaban J connectivity index is 2.01. The molecule has 0 saturated carbocycles. The van der Waals surface area contributed by atoms with Crippen LogP contribution >= 0.6 is 11.6 Å². The second kappa shape index (κ2) is 4.23. The zero-order valence-electron chi connectivity index (χ0n) is 8.98. The molecule has 0 radical (unpaired) electrons. The van der Waals surface area contributed by atoms with Gasteiger partial charge in [0.2, 0.25) is 0 Å². The van der Waals surface area contributed by atoms with Crippen molar-refractivity contribution in [3.8, 4) is 0 Å². The van der Waals surface area contributed by atoms with E-state index in [1.807, 2.05) is 0 Å². The van der Waals surface area contributed by atoms with E-state index in [9.17, 15) is 4.39 Å². The number of hydrogen-bond acceptors (Lipinski definition) is 4. The van der Waals surface area contributed by atoms with Crippen LogP contribution in [0.5, 0.6) is 0 Å². The van der Waals surface area contributed by atoms with Crippen molar-refractivity contribution in [2.75, 3.05) is 5.32 Å². The lowest BCUT2D eigenvalue weighted by Crippen LogP contribution is -1.96. The van der Waals surface area contributed by atoms with Crippen LogP contribution in [0.15, 0.2) is 30.9 Å². The van der Waals surface area contributed by atoms with Gasteiger partial charge in [0.15, 0.2) is 17.0 Å². The summed E-state index contributed by atoms with van der Waals surface area (Å²) in [4.78, 5) is 15.1. The number of rotatable bonds is 2. The third-order valence-electron chi connectivity index (χ3n) is 2.40. The van der Waals surface area contributed by atoms with Gasteiger partial charge in [0, 0.05) is 5.69 Å². The SMILES string of the molecule is Fc1ccc(Nc2ncnc3[nH]cnc23)cc1Cl. The molecule has 3 rings (SSSR count). The lowest BCUT2D eigenvalue weighted by Gasteiger charge is -2.06. The van der Waals surface area contributed by atoms with Crippen LogP contribution in [0.1, 0.15) is 0 Å². The van der Waals surface area contributed by atoms with Crippen molar-refractivity contribution < 1.29 is 4.39 Å². The van der Waals surface area contributed by atoms with Crippen molar-refractivity contribution in [3.63, 3.8) is 0 Å². The lowest BCUT2D eigenvalue weighted by atomic mass is 10.3. The van der Waals surface area contributed by atoms with E-state index in [1.54, 1.807) is 6.07 Å². The first-order chi connectivity index (χ1) is 8.74. The number of anilines is 2. The van der Waals surface area contributed by atoms with E-state index < -0.39 is 5.82 Å². The summed E-state index contributed by atoms with van der Waals surface area (Å²) >= 11 is 5.71. The first-order valence-corrected chi connectivity index (χ1v) is 5.48. The first-order valence-electron chi connectivity index (χ1n) is 5.10. The third-order valence-corrected chi connectivity index (χ3v) is 2.69. The standard InChI is InChI=1S/C11H7ClFN5/c12-7-3-6(1-2-8(7)13)18-11-9-10(15-4-14-9)16-5-17-11/h1-5H,(H2,14,15,16,17,18). The highest BCUT2D eigenvalue weighted by molar-refractivity contribution is 6.31. The Morgan fingerprint density at radius 2 is 2.11 bits per heavy atom. The average molecular weight is 264 g/mol. The summed E-state index contributed by atoms with van der Waals surface area (Å²) in [6.07, 6.45) is 2.94. The molecular formula is C11H7ClFN5. The molecule has 3 aromatic rings. The van der Waals surface area contributed by atoms with E-state index in [1.165, 1.54) is 24.8 Å². The molecular weight excluding hydrogens is 257 g/mol. The van der Waals surface area contributed by atoms with Gasteiger partial charge in [-0.1, -0.05) is 11.6 Å². The molecule has 0 spiro atoms. The summed E-state index contributed by atoms with van der Waals surface area (Å²) < 4.78 is 13.0. The molecule has 0 fully saturated rings. The highest BCUT2D eigenvalue weighted by Crippen LogP contribution is 2.24. The van der Waals surface area contributed by atoms with Gasteiger partial charge in [0.25, 0.3) is 0 Å². The lowest BCUT2D eigenvalue weighted by molar-refractivity contribution is 0.628. The van der Waals surface area contributed by atoms with Gasteiger partial charge in [0.1, 0.15) is 12.1 Å². The van der Waals surface area contributed by atoms with Gasteiger partial charge >= 0.3 is 0 Å². The van der Waals surface area contributed by atoms with Crippen LogP contribution in [0.3, 0.4) is 0 Å². The van der Waals surface area contributed by atoms with E-state index in [0.29, 0.717) is 22.7 Å². The zero-order valence-corrected chi connectivity index (χ0v) is 9.74. The number of hydrogen-bond donors (Lipinski definition) is 2. The van der Waals surface area contributed by atoms with Crippen LogP contribution in [0.4, 0.5) is 15.9 Å². The average Bonchev–Trinajstić information content (AvgIpc) is 2.83. The molecule has 0 aliphatic carbocycles. The fourth-order valence-corrected chi connectivity index (χ4v) is 1.75. The number of aromatic amines is 1. The minimum atomic E-state index is -0.463. The summed E-state index contributed by atoms with van der Waals surface area (Å²) in [5.41, 5.74) is 1.86. The molecule has 2 N–H and O–H groups in total. The number of fused-ring (bicyclic) bond motifs is 1. The summed E-state index contributed by atoms with van der Waals surface area (Å²) in [6.45, 7) is 0. The van der Waals surface area contributed by atoms with Crippen LogP contribution in [0.25, 0.3) is 11.2 Å². The molecule has 0 saturated heterocycles. The van der Waals surface area contributed by atoms with Crippen molar-refractivity contribution in [2.24, 2.45) is 0 Å². The summed E-state index contributed by atoms with van der Waals surface area (Å²) in [6, 6.07) is 4.34. The molecule has 90 valence electrons. The monoisotopic (exact) mass is 263 g/mol. The van der Waals surface area contributed by atoms with E-state index in [-0.39, 0.29) is 5.02 Å². The van der Waals surface area contributed by atoms with Crippen molar-refractivity contribution in [3.05, 3.63) is 41.7 Å². The van der Waals surface area contributed by atoms with E-state index >= 15 is 0 Å². The Labute approximate surface area is 106 Å². The smallest absolute Gasteiger partial charge is 0.162 e. The maximum absolute atomic E-state index is 13.0. The second-order valence-corrected chi connectivity index (χ2v) is 3.98. The minimum Gasteiger partial charge on any atom is -0.338 e. The number of nitrogens with zero attached hydrogens (tertiary/aromatic N) is 3. The molecule has 0 unspecified atom stereocenters. The van der Waals surface area contributed by atoms with Gasteiger partial charge in [0.05, 0.1) is 11.3 Å². The van der Waals surface area contributed by atoms with Crippen molar-refractivity contribution in [1.82, 2.24) is 19.9 Å². The molecule has 0 aliphatic heterocycles. The first kappa shape index (κ1) is 10.9. The molecule has 0 atom stereocenters. The van der Waals surface area contributed by atoms with Crippen LogP contribution in [0.2, 0.25) is 5.02 Å². The molecule has 7 heteroatoms. The Morgan fingerprint density at radius 3 is 2.94 bits per heavy atom. The number of benzene rings is 1. The molecule has 1 aromatic carbocycles. The molecule has 0 aliphatic rings. The number of nitrogens with one attached hydrogen (secondary N) is 2. The number of halogens is 2. The van der Waals surface area contributed by atoms with E-state index in [2.05, 4.69) is 25.3 Å². The van der Waals surface area contributed by atoms with Gasteiger partial charge < -0.3 is 10.3 Å². The molecule has 0 amide bonds. The van der Waals surface area contributed by atoms with Gasteiger partial charge in [-0.05, 0) is 18.2 Å². The van der Waals surface area contributed by atoms with Gasteiger partial charge in [-0.15, -0.1) is 0 Å². The largest absolute Gasteiger partial charge is 0.338 e. The molecule has 2 heterocycles. The number of aromatic nitrogens is 4. The molecule has 0 bridgehead atoms. The number of H-pyrrole nitrogens is 1. The third kappa shape index (κ3) is 1.86. The molecule has 5 nitrogen and oxygen atoms in total. The highest BCUT2D eigenvalue weighted by Gasteiger charge is 2.07. The van der Waals surface area contributed by atoms with Gasteiger partial charge in [-0.2, -0.15) is 0 Å². The predicted molar refractivity (Wildman–Crippen MR) is 66.4 cm³/mol. The normalized spacial score (nSPS) is 10.8. The summed E-state index contributed by atoms with van der Waals surface area (Å²) in [5, 5.41) is 3.06. The van der Waals surface area contributed by atoms with Crippen molar-refractivity contribution in [1.29, 1.82) is 0 Å². The fraction of sp³-hybridized carbons (Fsp3) is 0. The maximum Gasteiger partial charge on any atom is 0.162 e. The van der Waals surface area contributed by atoms with E-state index in [0.717, 1.165) is 0 Å². The highest BCUT2D eigenvalue weighted by atomic mass is 35.5. The van der Waals surface area contributed by atoms with Crippen LogP contribution in [-0.4, -0.2) is 19.9 Å². The van der Waals surface area contributed by atoms with E-state index in [4.69, 9.17) is 11.6 Å². The topological polar surface area (TPSA) is 66.5 Å². The minimum absolute atomic E-state index is 0.0485. The van der Waals surface area contributed by atoms with Crippen LogP contribution in [-0.2, 0) is 0 Å². The van der Waals surface area contributed by atoms with Gasteiger partial charge in [-0.25, -0.2) is 19.3 Å². The predicted octanol–water partition coefficient (Wildman–Crippen LogP) is 2.89. The quantitative estimate of drug-likeness (QED) is 0.746.